The Morgan fingerprint density at radius 1 is 1.53 bits per heavy atom. The van der Waals surface area contributed by atoms with Crippen LogP contribution in [0.15, 0.2) is 22.7 Å². The zero-order valence-corrected chi connectivity index (χ0v) is 10.1. The predicted molar refractivity (Wildman–Crippen MR) is 61.3 cm³/mol. The molecule has 82 valence electrons. The van der Waals surface area contributed by atoms with E-state index >= 15 is 0 Å². The molecule has 0 aliphatic rings. The monoisotopic (exact) mass is 272 g/mol. The quantitative estimate of drug-likeness (QED) is 0.838. The van der Waals surface area contributed by atoms with Crippen molar-refractivity contribution in [2.45, 2.75) is 12.8 Å². The van der Waals surface area contributed by atoms with Gasteiger partial charge in [-0.1, -0.05) is 0 Å². The van der Waals surface area contributed by atoms with Gasteiger partial charge in [-0.15, -0.1) is 0 Å². The van der Waals surface area contributed by atoms with Crippen molar-refractivity contribution in [3.63, 3.8) is 0 Å². The number of hydrogen-bond acceptors (Lipinski definition) is 3. The number of hydrogen-bond donors (Lipinski definition) is 1. The fourth-order valence-electron chi connectivity index (χ4n) is 1.22. The molecule has 0 radical (unpaired) electrons. The van der Waals surface area contributed by atoms with Gasteiger partial charge in [-0.3, -0.25) is 4.79 Å². The highest BCUT2D eigenvalue weighted by molar-refractivity contribution is 9.10. The number of Topliss-reactive ketones (excluding diaryl/α,β-unsaturated/α-hetero) is 1. The zero-order chi connectivity index (χ0) is 11.3. The number of ether oxygens (including phenoxy) is 1. The van der Waals surface area contributed by atoms with Crippen molar-refractivity contribution in [3.8, 4) is 5.75 Å². The van der Waals surface area contributed by atoms with Gasteiger partial charge in [0.2, 0.25) is 0 Å². The molecule has 3 nitrogen and oxygen atoms in total. The van der Waals surface area contributed by atoms with Crippen LogP contribution in [-0.2, 0) is 0 Å². The maximum absolute atomic E-state index is 11.6. The molecule has 15 heavy (non-hydrogen) atoms. The Labute approximate surface area is 97.2 Å². The number of methoxy groups -OCH3 is 1. The van der Waals surface area contributed by atoms with E-state index in [0.717, 1.165) is 4.47 Å². The van der Waals surface area contributed by atoms with Crippen LogP contribution in [0.4, 0.5) is 0 Å². The van der Waals surface area contributed by atoms with Gasteiger partial charge >= 0.3 is 0 Å². The number of carbonyl (C=O) groups is 1. The van der Waals surface area contributed by atoms with Crippen LogP contribution >= 0.6 is 15.9 Å². The number of ketones is 1. The molecule has 0 aliphatic carbocycles. The smallest absolute Gasteiger partial charge is 0.163 e. The van der Waals surface area contributed by atoms with Crippen molar-refractivity contribution in [2.75, 3.05) is 13.7 Å². The van der Waals surface area contributed by atoms with Crippen LogP contribution in [-0.4, -0.2) is 24.6 Å². The van der Waals surface area contributed by atoms with Gasteiger partial charge in [0.1, 0.15) is 5.75 Å². The van der Waals surface area contributed by atoms with Crippen molar-refractivity contribution in [1.82, 2.24) is 0 Å². The average Bonchev–Trinajstić information content (AvgIpc) is 2.25. The largest absolute Gasteiger partial charge is 0.496 e. The number of aliphatic hydroxyl groups excluding tert-OH is 1. The van der Waals surface area contributed by atoms with Crippen LogP contribution in [0.1, 0.15) is 23.2 Å². The third-order valence-corrected chi connectivity index (χ3v) is 2.66. The predicted octanol–water partition coefficient (Wildman–Crippen LogP) is 2.41. The molecule has 0 bridgehead atoms. The van der Waals surface area contributed by atoms with Gasteiger partial charge in [-0.2, -0.15) is 0 Å². The molecule has 0 fully saturated rings. The number of halogens is 1. The average molecular weight is 273 g/mol. The molecular weight excluding hydrogens is 260 g/mol. The maximum Gasteiger partial charge on any atom is 0.163 e. The first-order valence-electron chi connectivity index (χ1n) is 4.66. The van der Waals surface area contributed by atoms with Gasteiger partial charge in [-0.05, 0) is 40.5 Å². The Balaban J connectivity index is 2.78. The normalized spacial score (nSPS) is 10.1. The van der Waals surface area contributed by atoms with Gasteiger partial charge < -0.3 is 9.84 Å². The van der Waals surface area contributed by atoms with Gasteiger partial charge in [0.15, 0.2) is 5.78 Å². The molecular formula is C11H13BrO3. The highest BCUT2D eigenvalue weighted by Gasteiger charge is 2.08. The molecule has 1 aromatic rings. The van der Waals surface area contributed by atoms with E-state index in [4.69, 9.17) is 9.84 Å². The SMILES string of the molecule is COc1ccc(C(=O)CCCO)cc1Br. The summed E-state index contributed by atoms with van der Waals surface area (Å²) in [6, 6.07) is 5.21. The molecule has 0 aliphatic heterocycles. The first-order chi connectivity index (χ1) is 7.19. The Hall–Kier alpha value is -0.870. The van der Waals surface area contributed by atoms with Gasteiger partial charge in [0.05, 0.1) is 11.6 Å². The third kappa shape index (κ3) is 3.32. The highest BCUT2D eigenvalue weighted by Crippen LogP contribution is 2.26. The fourth-order valence-corrected chi connectivity index (χ4v) is 1.76. The first kappa shape index (κ1) is 12.2. The summed E-state index contributed by atoms with van der Waals surface area (Å²) in [7, 11) is 1.58. The number of rotatable bonds is 5. The lowest BCUT2D eigenvalue weighted by atomic mass is 10.1. The Bertz CT molecular complexity index is 350. The van der Waals surface area contributed by atoms with Crippen molar-refractivity contribution in [1.29, 1.82) is 0 Å². The van der Waals surface area contributed by atoms with Gasteiger partial charge in [-0.25, -0.2) is 0 Å². The Morgan fingerprint density at radius 3 is 2.80 bits per heavy atom. The summed E-state index contributed by atoms with van der Waals surface area (Å²) in [5.41, 5.74) is 0.635. The molecule has 1 aromatic carbocycles. The third-order valence-electron chi connectivity index (χ3n) is 2.04. The molecule has 0 heterocycles. The van der Waals surface area contributed by atoms with E-state index < -0.39 is 0 Å². The molecule has 1 rings (SSSR count). The van der Waals surface area contributed by atoms with Crippen LogP contribution in [0.3, 0.4) is 0 Å². The van der Waals surface area contributed by atoms with E-state index in [-0.39, 0.29) is 12.4 Å². The van der Waals surface area contributed by atoms with Gasteiger partial charge in [0.25, 0.3) is 0 Å². The van der Waals surface area contributed by atoms with E-state index in [1.165, 1.54) is 0 Å². The lowest BCUT2D eigenvalue weighted by Gasteiger charge is -2.05. The summed E-state index contributed by atoms with van der Waals surface area (Å²) in [6.07, 6.45) is 0.873. The Kier molecular flexibility index (Phi) is 4.78. The molecule has 0 unspecified atom stereocenters. The number of benzene rings is 1. The summed E-state index contributed by atoms with van der Waals surface area (Å²) in [5, 5.41) is 8.62. The van der Waals surface area contributed by atoms with Crippen molar-refractivity contribution in [2.24, 2.45) is 0 Å². The first-order valence-corrected chi connectivity index (χ1v) is 5.46. The number of aliphatic hydroxyl groups is 1. The molecule has 4 heteroatoms. The van der Waals surface area contributed by atoms with E-state index in [2.05, 4.69) is 15.9 Å². The minimum atomic E-state index is 0.0346. The van der Waals surface area contributed by atoms with Crippen LogP contribution in [0, 0.1) is 0 Å². The van der Waals surface area contributed by atoms with Crippen molar-refractivity contribution >= 4 is 21.7 Å². The Morgan fingerprint density at radius 2 is 2.27 bits per heavy atom. The summed E-state index contributed by atoms with van der Waals surface area (Å²) in [4.78, 5) is 11.6. The van der Waals surface area contributed by atoms with Gasteiger partial charge in [0, 0.05) is 18.6 Å². The van der Waals surface area contributed by atoms with E-state index in [9.17, 15) is 4.79 Å². The minimum absolute atomic E-state index is 0.0346. The van der Waals surface area contributed by atoms with E-state index in [1.54, 1.807) is 25.3 Å². The second-order valence-corrected chi connectivity index (χ2v) is 3.95. The highest BCUT2D eigenvalue weighted by atomic mass is 79.9. The lowest BCUT2D eigenvalue weighted by molar-refractivity contribution is 0.0971. The van der Waals surface area contributed by atoms with Crippen LogP contribution in [0.25, 0.3) is 0 Å². The standard InChI is InChI=1S/C11H13BrO3/c1-15-11-5-4-8(7-9(11)12)10(14)3-2-6-13/h4-5,7,13H,2-3,6H2,1H3. The summed E-state index contributed by atoms with van der Waals surface area (Å²) >= 11 is 3.32. The van der Waals surface area contributed by atoms with E-state index in [0.29, 0.717) is 24.2 Å². The van der Waals surface area contributed by atoms with Crippen LogP contribution < -0.4 is 4.74 Å². The van der Waals surface area contributed by atoms with Crippen molar-refractivity contribution < 1.29 is 14.6 Å². The maximum atomic E-state index is 11.6. The molecule has 0 aromatic heterocycles. The lowest BCUT2D eigenvalue weighted by Crippen LogP contribution is -2.00. The summed E-state index contributed by atoms with van der Waals surface area (Å²) < 4.78 is 5.83. The molecule has 0 amide bonds. The van der Waals surface area contributed by atoms with Crippen molar-refractivity contribution in [3.05, 3.63) is 28.2 Å². The number of carbonyl (C=O) groups excluding carboxylic acids is 1. The summed E-state index contributed by atoms with van der Waals surface area (Å²) in [5.74, 6) is 0.737. The summed E-state index contributed by atoms with van der Waals surface area (Å²) in [6.45, 7) is 0.0447. The van der Waals surface area contributed by atoms with Crippen LogP contribution in [0.5, 0.6) is 5.75 Å². The molecule has 0 spiro atoms. The molecule has 0 saturated carbocycles. The molecule has 1 N–H and O–H groups in total. The topological polar surface area (TPSA) is 46.5 Å². The zero-order valence-electron chi connectivity index (χ0n) is 8.50. The minimum Gasteiger partial charge on any atom is -0.496 e. The second kappa shape index (κ2) is 5.88. The molecule has 0 saturated heterocycles. The van der Waals surface area contributed by atoms with E-state index in [1.807, 2.05) is 0 Å². The molecule has 0 atom stereocenters. The fraction of sp³-hybridized carbons (Fsp3) is 0.364. The van der Waals surface area contributed by atoms with Crippen LogP contribution in [0.2, 0.25) is 0 Å². The second-order valence-electron chi connectivity index (χ2n) is 3.10.